The van der Waals surface area contributed by atoms with Crippen molar-refractivity contribution in [2.45, 2.75) is 31.2 Å². The summed E-state index contributed by atoms with van der Waals surface area (Å²) in [5.74, 6) is 0.448. The zero-order valence-corrected chi connectivity index (χ0v) is 12.9. The Balaban J connectivity index is 2.83. The molecule has 1 unspecified atom stereocenters. The van der Waals surface area contributed by atoms with Gasteiger partial charge in [-0.3, -0.25) is 0 Å². The van der Waals surface area contributed by atoms with E-state index in [-0.39, 0.29) is 6.04 Å². The van der Waals surface area contributed by atoms with Crippen LogP contribution in [0.25, 0.3) is 0 Å². The van der Waals surface area contributed by atoms with Crippen molar-refractivity contribution in [2.24, 2.45) is 5.92 Å². The number of sulfonamides is 1. The smallest absolute Gasteiger partial charge is 0.240 e. The highest BCUT2D eigenvalue weighted by atomic mass is 32.2. The van der Waals surface area contributed by atoms with Gasteiger partial charge in [0.25, 0.3) is 0 Å². The molecule has 1 N–H and O–H groups in total. The van der Waals surface area contributed by atoms with E-state index in [1.807, 2.05) is 25.1 Å². The first-order valence-corrected chi connectivity index (χ1v) is 8.01. The molecular weight excluding hydrogens is 260 g/mol. The van der Waals surface area contributed by atoms with Gasteiger partial charge >= 0.3 is 0 Å². The van der Waals surface area contributed by atoms with Gasteiger partial charge in [-0.25, -0.2) is 13.1 Å². The average molecular weight is 284 g/mol. The first kappa shape index (κ1) is 16.1. The summed E-state index contributed by atoms with van der Waals surface area (Å²) in [5, 5.41) is 0. The van der Waals surface area contributed by atoms with E-state index in [0.717, 1.165) is 6.42 Å². The first-order valence-electron chi connectivity index (χ1n) is 6.53. The van der Waals surface area contributed by atoms with Crippen LogP contribution in [-0.4, -0.2) is 40.0 Å². The van der Waals surface area contributed by atoms with Gasteiger partial charge in [0.15, 0.2) is 0 Å². The molecular formula is C14H24N2O2S. The van der Waals surface area contributed by atoms with Crippen molar-refractivity contribution in [3.8, 4) is 0 Å². The zero-order chi connectivity index (χ0) is 14.5. The quantitative estimate of drug-likeness (QED) is 0.832. The van der Waals surface area contributed by atoms with Crippen LogP contribution in [-0.2, 0) is 10.0 Å². The van der Waals surface area contributed by atoms with Crippen LogP contribution in [0.5, 0.6) is 0 Å². The molecule has 0 aliphatic carbocycles. The van der Waals surface area contributed by atoms with Crippen LogP contribution in [0, 0.1) is 5.92 Å². The topological polar surface area (TPSA) is 49.4 Å². The summed E-state index contributed by atoms with van der Waals surface area (Å²) in [4.78, 5) is 2.32. The molecule has 5 heteroatoms. The molecule has 0 spiro atoms. The third-order valence-corrected chi connectivity index (χ3v) is 4.25. The molecule has 0 aliphatic rings. The monoisotopic (exact) mass is 284 g/mol. The SMILES string of the molecule is CC(C)CC(CN(C)C)NS(=O)(=O)c1ccccc1. The fourth-order valence-corrected chi connectivity index (χ4v) is 3.32. The summed E-state index contributed by atoms with van der Waals surface area (Å²) in [5.41, 5.74) is 0. The lowest BCUT2D eigenvalue weighted by atomic mass is 10.0. The maximum absolute atomic E-state index is 12.3. The second-order valence-corrected chi connectivity index (χ2v) is 7.24. The summed E-state index contributed by atoms with van der Waals surface area (Å²) in [6, 6.07) is 8.44. The normalized spacial score (nSPS) is 14.0. The van der Waals surface area contributed by atoms with Crippen LogP contribution in [0.4, 0.5) is 0 Å². The fourth-order valence-electron chi connectivity index (χ4n) is 2.06. The van der Waals surface area contributed by atoms with Crippen LogP contribution in [0.2, 0.25) is 0 Å². The third-order valence-electron chi connectivity index (χ3n) is 2.72. The number of hydrogen-bond acceptors (Lipinski definition) is 3. The molecule has 0 aliphatic heterocycles. The van der Waals surface area contributed by atoms with Gasteiger partial charge in [0.2, 0.25) is 10.0 Å². The highest BCUT2D eigenvalue weighted by Crippen LogP contribution is 2.12. The van der Waals surface area contributed by atoms with Gasteiger partial charge < -0.3 is 4.90 Å². The Kier molecular flexibility index (Phi) is 5.97. The molecule has 0 aromatic heterocycles. The lowest BCUT2D eigenvalue weighted by molar-refractivity contribution is 0.329. The lowest BCUT2D eigenvalue weighted by Crippen LogP contribution is -2.42. The van der Waals surface area contributed by atoms with Gasteiger partial charge in [0, 0.05) is 12.6 Å². The van der Waals surface area contributed by atoms with Crippen LogP contribution in [0.15, 0.2) is 35.2 Å². The van der Waals surface area contributed by atoms with Gasteiger partial charge in [0.05, 0.1) is 4.90 Å². The standard InChI is InChI=1S/C14H24N2O2S/c1-12(2)10-13(11-16(3)4)15-19(17,18)14-8-6-5-7-9-14/h5-9,12-13,15H,10-11H2,1-4H3. The van der Waals surface area contributed by atoms with Crippen molar-refractivity contribution in [3.63, 3.8) is 0 Å². The summed E-state index contributed by atoms with van der Waals surface area (Å²) in [7, 11) is 0.470. The van der Waals surface area contributed by atoms with E-state index in [0.29, 0.717) is 17.4 Å². The van der Waals surface area contributed by atoms with Crippen LogP contribution >= 0.6 is 0 Å². The van der Waals surface area contributed by atoms with E-state index in [4.69, 9.17) is 0 Å². The van der Waals surface area contributed by atoms with Gasteiger partial charge in [-0.1, -0.05) is 32.0 Å². The Bertz CT molecular complexity index is 459. The van der Waals surface area contributed by atoms with E-state index in [1.165, 1.54) is 0 Å². The molecule has 4 nitrogen and oxygen atoms in total. The Labute approximate surface area is 116 Å². The third kappa shape index (κ3) is 5.72. The maximum atomic E-state index is 12.3. The van der Waals surface area contributed by atoms with Gasteiger partial charge in [-0.15, -0.1) is 0 Å². The fraction of sp³-hybridized carbons (Fsp3) is 0.571. The second-order valence-electron chi connectivity index (χ2n) is 5.52. The Hall–Kier alpha value is -0.910. The molecule has 0 heterocycles. The highest BCUT2D eigenvalue weighted by Gasteiger charge is 2.21. The minimum absolute atomic E-state index is 0.0693. The molecule has 0 saturated carbocycles. The van der Waals surface area contributed by atoms with Crippen molar-refractivity contribution < 1.29 is 8.42 Å². The largest absolute Gasteiger partial charge is 0.308 e. The van der Waals surface area contributed by atoms with Crippen LogP contribution < -0.4 is 4.72 Å². The molecule has 108 valence electrons. The number of benzene rings is 1. The summed E-state index contributed by atoms with van der Waals surface area (Å²) < 4.78 is 27.4. The number of nitrogens with zero attached hydrogens (tertiary/aromatic N) is 1. The molecule has 0 radical (unpaired) electrons. The molecule has 1 rings (SSSR count). The Morgan fingerprint density at radius 2 is 1.74 bits per heavy atom. The molecule has 0 saturated heterocycles. The summed E-state index contributed by atoms with van der Waals surface area (Å²) >= 11 is 0. The van der Waals surface area contributed by atoms with E-state index in [2.05, 4.69) is 18.6 Å². The van der Waals surface area contributed by atoms with Crippen molar-refractivity contribution in [1.29, 1.82) is 0 Å². The van der Waals surface area contributed by atoms with Crippen LogP contribution in [0.1, 0.15) is 20.3 Å². The average Bonchev–Trinajstić information content (AvgIpc) is 2.27. The summed E-state index contributed by atoms with van der Waals surface area (Å²) in [6.07, 6.45) is 0.824. The molecule has 0 fully saturated rings. The van der Waals surface area contributed by atoms with E-state index < -0.39 is 10.0 Å². The minimum Gasteiger partial charge on any atom is -0.308 e. The van der Waals surface area contributed by atoms with Crippen LogP contribution in [0.3, 0.4) is 0 Å². The molecule has 1 aromatic carbocycles. The number of hydrogen-bond donors (Lipinski definition) is 1. The first-order chi connectivity index (χ1) is 8.81. The molecule has 0 bridgehead atoms. The van der Waals surface area contributed by atoms with Gasteiger partial charge in [0.1, 0.15) is 0 Å². The molecule has 0 amide bonds. The predicted molar refractivity (Wildman–Crippen MR) is 78.6 cm³/mol. The molecule has 1 aromatic rings. The molecule has 1 atom stereocenters. The molecule has 19 heavy (non-hydrogen) atoms. The number of likely N-dealkylation sites (N-methyl/N-ethyl adjacent to an activating group) is 1. The number of rotatable bonds is 7. The van der Waals surface area contributed by atoms with E-state index >= 15 is 0 Å². The number of nitrogens with one attached hydrogen (secondary N) is 1. The minimum atomic E-state index is -3.43. The Morgan fingerprint density at radius 1 is 1.16 bits per heavy atom. The van der Waals surface area contributed by atoms with Crippen molar-refractivity contribution in [2.75, 3.05) is 20.6 Å². The lowest BCUT2D eigenvalue weighted by Gasteiger charge is -2.23. The maximum Gasteiger partial charge on any atom is 0.240 e. The zero-order valence-electron chi connectivity index (χ0n) is 12.1. The second kappa shape index (κ2) is 7.03. The highest BCUT2D eigenvalue weighted by molar-refractivity contribution is 7.89. The van der Waals surface area contributed by atoms with Gasteiger partial charge in [-0.2, -0.15) is 0 Å². The predicted octanol–water partition coefficient (Wildman–Crippen LogP) is 1.94. The summed E-state index contributed by atoms with van der Waals surface area (Å²) in [6.45, 7) is 4.89. The Morgan fingerprint density at radius 3 is 2.21 bits per heavy atom. The van der Waals surface area contributed by atoms with Gasteiger partial charge in [-0.05, 0) is 38.6 Å². The van der Waals surface area contributed by atoms with Crippen molar-refractivity contribution in [3.05, 3.63) is 30.3 Å². The van der Waals surface area contributed by atoms with Crippen molar-refractivity contribution in [1.82, 2.24) is 9.62 Å². The van der Waals surface area contributed by atoms with E-state index in [1.54, 1.807) is 24.3 Å². The van der Waals surface area contributed by atoms with E-state index in [9.17, 15) is 8.42 Å². The van der Waals surface area contributed by atoms with Crippen molar-refractivity contribution >= 4 is 10.0 Å².